The molecular formula is C14H18N6O. The molecule has 2 aliphatic heterocycles. The van der Waals surface area contributed by atoms with Gasteiger partial charge in [0.05, 0.1) is 31.3 Å². The minimum atomic E-state index is 0.240. The van der Waals surface area contributed by atoms with Crippen molar-refractivity contribution in [2.45, 2.75) is 18.7 Å². The first-order valence-corrected chi connectivity index (χ1v) is 7.24. The normalized spacial score (nSPS) is 26.0. The number of likely N-dealkylation sites (tertiary alicyclic amines) is 1. The highest BCUT2D eigenvalue weighted by Crippen LogP contribution is 2.26. The standard InChI is InChI=1S/C14H18N6O/c1-2-17-14(6-15-1)20-3-4-21-13-9-19(8-12(13)20)7-11-5-16-10-18-11/h1-2,5-6,10,12-13H,3-4,7-9H2,(H,16,18)/t12-,13+/m1/s1. The Morgan fingerprint density at radius 3 is 3.05 bits per heavy atom. The SMILES string of the molecule is c1cnc(N2CCO[C@H]3CN(Cc4cnc[nH]4)C[C@H]32)cn1. The number of fused-ring (bicyclic) bond motifs is 1. The van der Waals surface area contributed by atoms with E-state index in [0.717, 1.165) is 44.3 Å². The molecule has 0 aliphatic carbocycles. The topological polar surface area (TPSA) is 70.2 Å². The van der Waals surface area contributed by atoms with Gasteiger partial charge >= 0.3 is 0 Å². The van der Waals surface area contributed by atoms with E-state index in [2.05, 4.69) is 29.7 Å². The van der Waals surface area contributed by atoms with Crippen LogP contribution in [0.2, 0.25) is 0 Å². The molecule has 2 atom stereocenters. The summed E-state index contributed by atoms with van der Waals surface area (Å²) in [6.45, 7) is 4.42. The number of ether oxygens (including phenoxy) is 1. The van der Waals surface area contributed by atoms with Crippen LogP contribution in [0.4, 0.5) is 5.82 Å². The van der Waals surface area contributed by atoms with Gasteiger partial charge in [-0.3, -0.25) is 9.88 Å². The van der Waals surface area contributed by atoms with Crippen molar-refractivity contribution in [3.63, 3.8) is 0 Å². The predicted molar refractivity (Wildman–Crippen MR) is 76.8 cm³/mol. The molecule has 2 aromatic heterocycles. The molecule has 110 valence electrons. The second-order valence-corrected chi connectivity index (χ2v) is 5.50. The van der Waals surface area contributed by atoms with Gasteiger partial charge in [0.25, 0.3) is 0 Å². The van der Waals surface area contributed by atoms with E-state index in [9.17, 15) is 0 Å². The van der Waals surface area contributed by atoms with Crippen molar-refractivity contribution in [3.8, 4) is 0 Å². The smallest absolute Gasteiger partial charge is 0.147 e. The average Bonchev–Trinajstić information content (AvgIpc) is 3.17. The Balaban J connectivity index is 1.50. The van der Waals surface area contributed by atoms with E-state index in [1.807, 2.05) is 12.4 Å². The fourth-order valence-electron chi connectivity index (χ4n) is 3.23. The molecule has 7 nitrogen and oxygen atoms in total. The Bertz CT molecular complexity index is 574. The summed E-state index contributed by atoms with van der Waals surface area (Å²) < 4.78 is 5.95. The Kier molecular flexibility index (Phi) is 3.28. The lowest BCUT2D eigenvalue weighted by atomic mass is 10.1. The fraction of sp³-hybridized carbons (Fsp3) is 0.500. The summed E-state index contributed by atoms with van der Waals surface area (Å²) >= 11 is 0. The van der Waals surface area contributed by atoms with Gasteiger partial charge in [0.1, 0.15) is 5.82 Å². The van der Waals surface area contributed by atoms with Crippen LogP contribution >= 0.6 is 0 Å². The highest BCUT2D eigenvalue weighted by molar-refractivity contribution is 5.39. The molecule has 2 saturated heterocycles. The maximum Gasteiger partial charge on any atom is 0.147 e. The largest absolute Gasteiger partial charge is 0.373 e. The van der Waals surface area contributed by atoms with E-state index < -0.39 is 0 Å². The van der Waals surface area contributed by atoms with E-state index in [0.29, 0.717) is 6.04 Å². The number of morpholine rings is 1. The zero-order valence-electron chi connectivity index (χ0n) is 11.7. The summed E-state index contributed by atoms with van der Waals surface area (Å²) in [4.78, 5) is 20.6. The van der Waals surface area contributed by atoms with Crippen molar-refractivity contribution in [2.24, 2.45) is 0 Å². The number of rotatable bonds is 3. The van der Waals surface area contributed by atoms with Crippen molar-refractivity contribution >= 4 is 5.82 Å². The van der Waals surface area contributed by atoms with E-state index in [1.165, 1.54) is 0 Å². The molecule has 0 bridgehead atoms. The van der Waals surface area contributed by atoms with E-state index >= 15 is 0 Å². The second kappa shape index (κ2) is 5.42. The zero-order chi connectivity index (χ0) is 14.1. The average molecular weight is 286 g/mol. The van der Waals surface area contributed by atoms with Crippen LogP contribution in [0.5, 0.6) is 0 Å². The molecule has 0 amide bonds. The number of nitrogens with zero attached hydrogens (tertiary/aromatic N) is 5. The lowest BCUT2D eigenvalue weighted by Crippen LogP contribution is -2.51. The molecule has 7 heteroatoms. The van der Waals surface area contributed by atoms with Crippen LogP contribution in [0, 0.1) is 0 Å². The third-order valence-electron chi connectivity index (χ3n) is 4.17. The molecule has 0 unspecified atom stereocenters. The third-order valence-corrected chi connectivity index (χ3v) is 4.17. The molecule has 0 saturated carbocycles. The summed E-state index contributed by atoms with van der Waals surface area (Å²) in [5.74, 6) is 0.944. The molecular weight excluding hydrogens is 268 g/mol. The van der Waals surface area contributed by atoms with E-state index in [4.69, 9.17) is 4.74 Å². The Morgan fingerprint density at radius 1 is 1.24 bits per heavy atom. The maximum atomic E-state index is 5.95. The summed E-state index contributed by atoms with van der Waals surface area (Å²) in [6, 6.07) is 0.346. The lowest BCUT2D eigenvalue weighted by molar-refractivity contribution is 0.0303. The summed E-state index contributed by atoms with van der Waals surface area (Å²) in [5.41, 5.74) is 1.14. The number of nitrogens with one attached hydrogen (secondary N) is 1. The summed E-state index contributed by atoms with van der Waals surface area (Å²) in [7, 11) is 0. The maximum absolute atomic E-state index is 5.95. The van der Waals surface area contributed by atoms with Crippen LogP contribution in [0.1, 0.15) is 5.69 Å². The van der Waals surface area contributed by atoms with Gasteiger partial charge in [0.15, 0.2) is 0 Å². The molecule has 1 N–H and O–H groups in total. The van der Waals surface area contributed by atoms with Gasteiger partial charge in [0.2, 0.25) is 0 Å². The Hall–Kier alpha value is -1.99. The zero-order valence-corrected chi connectivity index (χ0v) is 11.7. The van der Waals surface area contributed by atoms with Crippen LogP contribution in [0.3, 0.4) is 0 Å². The van der Waals surface area contributed by atoms with Crippen molar-refractivity contribution in [3.05, 3.63) is 36.8 Å². The summed E-state index contributed by atoms with van der Waals surface area (Å²) in [5, 5.41) is 0. The van der Waals surface area contributed by atoms with Crippen molar-refractivity contribution < 1.29 is 4.74 Å². The molecule has 4 rings (SSSR count). The van der Waals surface area contributed by atoms with Crippen LogP contribution in [-0.4, -0.2) is 63.2 Å². The second-order valence-electron chi connectivity index (χ2n) is 5.50. The number of hydrogen-bond acceptors (Lipinski definition) is 6. The van der Waals surface area contributed by atoms with Crippen molar-refractivity contribution in [1.82, 2.24) is 24.8 Å². The molecule has 4 heterocycles. The molecule has 21 heavy (non-hydrogen) atoms. The number of aromatic nitrogens is 4. The molecule has 2 fully saturated rings. The molecule has 0 aromatic carbocycles. The van der Waals surface area contributed by atoms with Gasteiger partial charge in [-0.05, 0) is 0 Å². The molecule has 0 radical (unpaired) electrons. The van der Waals surface area contributed by atoms with Crippen LogP contribution in [0.25, 0.3) is 0 Å². The van der Waals surface area contributed by atoms with Gasteiger partial charge in [-0.1, -0.05) is 0 Å². The van der Waals surface area contributed by atoms with Gasteiger partial charge in [-0.25, -0.2) is 9.97 Å². The minimum Gasteiger partial charge on any atom is -0.373 e. The first-order chi connectivity index (χ1) is 10.4. The first kappa shape index (κ1) is 12.7. The molecule has 2 aliphatic rings. The number of anilines is 1. The van der Waals surface area contributed by atoms with Gasteiger partial charge in [-0.2, -0.15) is 0 Å². The number of H-pyrrole nitrogens is 1. The van der Waals surface area contributed by atoms with Crippen LogP contribution in [0.15, 0.2) is 31.1 Å². The highest BCUT2D eigenvalue weighted by atomic mass is 16.5. The number of hydrogen-bond donors (Lipinski definition) is 1. The van der Waals surface area contributed by atoms with Crippen LogP contribution < -0.4 is 4.90 Å². The number of aromatic amines is 1. The molecule has 2 aromatic rings. The molecule has 0 spiro atoms. The quantitative estimate of drug-likeness (QED) is 0.874. The lowest BCUT2D eigenvalue weighted by Gasteiger charge is -2.37. The monoisotopic (exact) mass is 286 g/mol. The minimum absolute atomic E-state index is 0.240. The number of imidazole rings is 1. The predicted octanol–water partition coefficient (Wildman–Crippen LogP) is 0.289. The van der Waals surface area contributed by atoms with Gasteiger partial charge in [-0.15, -0.1) is 0 Å². The third kappa shape index (κ3) is 2.50. The Labute approximate surface area is 123 Å². The van der Waals surface area contributed by atoms with Crippen molar-refractivity contribution in [1.29, 1.82) is 0 Å². The fourth-order valence-corrected chi connectivity index (χ4v) is 3.23. The Morgan fingerprint density at radius 2 is 2.24 bits per heavy atom. The van der Waals surface area contributed by atoms with E-state index in [1.54, 1.807) is 18.7 Å². The van der Waals surface area contributed by atoms with Crippen LogP contribution in [-0.2, 0) is 11.3 Å². The highest BCUT2D eigenvalue weighted by Gasteiger charge is 2.40. The van der Waals surface area contributed by atoms with E-state index in [-0.39, 0.29) is 6.10 Å². The first-order valence-electron chi connectivity index (χ1n) is 7.24. The van der Waals surface area contributed by atoms with Gasteiger partial charge < -0.3 is 14.6 Å². The van der Waals surface area contributed by atoms with Crippen molar-refractivity contribution in [2.75, 3.05) is 31.1 Å². The summed E-state index contributed by atoms with van der Waals surface area (Å²) in [6.07, 6.45) is 9.13. The van der Waals surface area contributed by atoms with Gasteiger partial charge in [0, 0.05) is 50.5 Å².